The molecule has 1 aliphatic heterocycles. The third kappa shape index (κ3) is 3.00. The Bertz CT molecular complexity index is 544. The molecular weight excluding hydrogens is 257 g/mol. The first-order valence-corrected chi connectivity index (χ1v) is 7.60. The normalized spacial score (nSPS) is 21.2. The molecule has 1 aliphatic rings. The molecule has 0 radical (unpaired) electrons. The third-order valence-electron chi connectivity index (χ3n) is 2.97. The molecule has 2 rings (SSSR count). The standard InChI is InChI=1S/C12H16FNO3S/c1-14-6-5-9(8-14)17-12-7-10(18(2,15)16)3-4-11(12)13/h3-4,7,9H,5-6,8H2,1-2H3. The van der Waals surface area contributed by atoms with Gasteiger partial charge in [-0.15, -0.1) is 0 Å². The minimum atomic E-state index is -3.34. The molecule has 1 atom stereocenters. The molecule has 1 fully saturated rings. The molecule has 1 heterocycles. The monoisotopic (exact) mass is 273 g/mol. The maximum absolute atomic E-state index is 13.6. The van der Waals surface area contributed by atoms with Crippen LogP contribution in [0, 0.1) is 5.82 Å². The van der Waals surface area contributed by atoms with E-state index in [-0.39, 0.29) is 16.7 Å². The molecule has 0 bridgehead atoms. The van der Waals surface area contributed by atoms with Crippen LogP contribution in [-0.2, 0) is 9.84 Å². The highest BCUT2D eigenvalue weighted by Gasteiger charge is 2.22. The lowest BCUT2D eigenvalue weighted by Gasteiger charge is -2.15. The second kappa shape index (κ2) is 4.85. The Hall–Kier alpha value is -1.14. The molecule has 6 heteroatoms. The van der Waals surface area contributed by atoms with Crippen LogP contribution in [-0.4, -0.2) is 45.8 Å². The molecule has 0 N–H and O–H groups in total. The number of likely N-dealkylation sites (N-methyl/N-ethyl adjacent to an activating group) is 1. The summed E-state index contributed by atoms with van der Waals surface area (Å²) >= 11 is 0. The molecule has 0 aromatic heterocycles. The highest BCUT2D eigenvalue weighted by Crippen LogP contribution is 2.24. The molecule has 1 unspecified atom stereocenters. The summed E-state index contributed by atoms with van der Waals surface area (Å²) in [4.78, 5) is 2.16. The van der Waals surface area contributed by atoms with Gasteiger partial charge in [-0.3, -0.25) is 0 Å². The lowest BCUT2D eigenvalue weighted by atomic mass is 10.3. The van der Waals surface area contributed by atoms with E-state index >= 15 is 0 Å². The predicted molar refractivity (Wildman–Crippen MR) is 66.0 cm³/mol. The van der Waals surface area contributed by atoms with Crippen molar-refractivity contribution in [2.45, 2.75) is 17.4 Å². The van der Waals surface area contributed by atoms with Crippen molar-refractivity contribution >= 4 is 9.84 Å². The summed E-state index contributed by atoms with van der Waals surface area (Å²) in [5.74, 6) is -0.518. The van der Waals surface area contributed by atoms with Gasteiger partial charge >= 0.3 is 0 Å². The molecular formula is C12H16FNO3S. The van der Waals surface area contributed by atoms with Gasteiger partial charge < -0.3 is 9.64 Å². The second-order valence-corrected chi connectivity index (χ2v) is 6.67. The molecule has 100 valence electrons. The van der Waals surface area contributed by atoms with Gasteiger partial charge in [-0.05, 0) is 25.6 Å². The molecule has 0 spiro atoms. The van der Waals surface area contributed by atoms with E-state index < -0.39 is 15.7 Å². The molecule has 0 aliphatic carbocycles. The van der Waals surface area contributed by atoms with Crippen LogP contribution in [0.1, 0.15) is 6.42 Å². The fourth-order valence-electron chi connectivity index (χ4n) is 1.97. The fourth-order valence-corrected chi connectivity index (χ4v) is 2.61. The van der Waals surface area contributed by atoms with E-state index in [1.54, 1.807) is 0 Å². The van der Waals surface area contributed by atoms with Crippen molar-refractivity contribution < 1.29 is 17.5 Å². The number of likely N-dealkylation sites (tertiary alicyclic amines) is 1. The number of benzene rings is 1. The summed E-state index contributed by atoms with van der Waals surface area (Å²) in [5, 5.41) is 0. The van der Waals surface area contributed by atoms with Gasteiger partial charge in [0, 0.05) is 25.4 Å². The van der Waals surface area contributed by atoms with Crippen LogP contribution in [0.15, 0.2) is 23.1 Å². The SMILES string of the molecule is CN1CCC(Oc2cc(S(C)(=O)=O)ccc2F)C1. The molecule has 1 saturated heterocycles. The molecule has 1 aromatic rings. The maximum Gasteiger partial charge on any atom is 0.175 e. The summed E-state index contributed by atoms with van der Waals surface area (Å²) in [5.41, 5.74) is 0. The van der Waals surface area contributed by atoms with Crippen LogP contribution in [0.5, 0.6) is 5.75 Å². The van der Waals surface area contributed by atoms with Crippen molar-refractivity contribution in [3.8, 4) is 5.75 Å². The molecule has 1 aromatic carbocycles. The quantitative estimate of drug-likeness (QED) is 0.779. The minimum absolute atomic E-state index is 0.0122. The lowest BCUT2D eigenvalue weighted by molar-refractivity contribution is 0.199. The number of rotatable bonds is 3. The van der Waals surface area contributed by atoms with Crippen LogP contribution in [0.3, 0.4) is 0 Å². The summed E-state index contributed by atoms with van der Waals surface area (Å²) in [6.07, 6.45) is 1.83. The summed E-state index contributed by atoms with van der Waals surface area (Å²) < 4.78 is 41.9. The Balaban J connectivity index is 2.22. The highest BCUT2D eigenvalue weighted by atomic mass is 32.2. The maximum atomic E-state index is 13.6. The fraction of sp³-hybridized carbons (Fsp3) is 0.500. The van der Waals surface area contributed by atoms with Crippen LogP contribution in [0.25, 0.3) is 0 Å². The first kappa shape index (κ1) is 13.3. The van der Waals surface area contributed by atoms with Gasteiger partial charge in [-0.1, -0.05) is 0 Å². The Morgan fingerprint density at radius 1 is 1.44 bits per heavy atom. The number of nitrogens with zero attached hydrogens (tertiary/aromatic N) is 1. The first-order valence-electron chi connectivity index (χ1n) is 5.71. The number of hydrogen-bond acceptors (Lipinski definition) is 4. The molecule has 0 saturated carbocycles. The van der Waals surface area contributed by atoms with E-state index in [1.165, 1.54) is 12.1 Å². The lowest BCUT2D eigenvalue weighted by Crippen LogP contribution is -2.21. The van der Waals surface area contributed by atoms with E-state index in [2.05, 4.69) is 4.90 Å². The summed E-state index contributed by atoms with van der Waals surface area (Å²) in [6, 6.07) is 3.63. The first-order chi connectivity index (χ1) is 8.36. The zero-order chi connectivity index (χ0) is 13.3. The Labute approximate surface area is 106 Å². The van der Waals surface area contributed by atoms with Gasteiger partial charge in [0.2, 0.25) is 0 Å². The second-order valence-electron chi connectivity index (χ2n) is 4.66. The van der Waals surface area contributed by atoms with Crippen LogP contribution in [0.4, 0.5) is 4.39 Å². The zero-order valence-corrected chi connectivity index (χ0v) is 11.2. The number of sulfone groups is 1. The minimum Gasteiger partial charge on any atom is -0.486 e. The van der Waals surface area contributed by atoms with E-state index in [0.29, 0.717) is 0 Å². The largest absolute Gasteiger partial charge is 0.486 e. The van der Waals surface area contributed by atoms with Crippen LogP contribution < -0.4 is 4.74 Å². The third-order valence-corrected chi connectivity index (χ3v) is 4.08. The van der Waals surface area contributed by atoms with Crippen molar-refractivity contribution in [3.63, 3.8) is 0 Å². The average Bonchev–Trinajstić information content (AvgIpc) is 2.66. The zero-order valence-electron chi connectivity index (χ0n) is 10.4. The smallest absolute Gasteiger partial charge is 0.175 e. The predicted octanol–water partition coefficient (Wildman–Crippen LogP) is 1.31. The van der Waals surface area contributed by atoms with E-state index in [9.17, 15) is 12.8 Å². The van der Waals surface area contributed by atoms with E-state index in [4.69, 9.17) is 4.74 Å². The molecule has 0 amide bonds. The van der Waals surface area contributed by atoms with Crippen molar-refractivity contribution in [3.05, 3.63) is 24.0 Å². The van der Waals surface area contributed by atoms with Gasteiger partial charge in [0.15, 0.2) is 21.4 Å². The van der Waals surface area contributed by atoms with Crippen LogP contribution in [0.2, 0.25) is 0 Å². The Morgan fingerprint density at radius 2 is 2.17 bits per heavy atom. The number of hydrogen-bond donors (Lipinski definition) is 0. The van der Waals surface area contributed by atoms with Gasteiger partial charge in [0.1, 0.15) is 6.10 Å². The number of halogens is 1. The average molecular weight is 273 g/mol. The Kier molecular flexibility index (Phi) is 3.59. The van der Waals surface area contributed by atoms with Crippen molar-refractivity contribution in [2.24, 2.45) is 0 Å². The summed E-state index contributed by atoms with van der Waals surface area (Å²) in [6.45, 7) is 1.63. The van der Waals surface area contributed by atoms with Crippen molar-refractivity contribution in [1.29, 1.82) is 0 Å². The Morgan fingerprint density at radius 3 is 2.72 bits per heavy atom. The highest BCUT2D eigenvalue weighted by molar-refractivity contribution is 7.90. The van der Waals surface area contributed by atoms with Gasteiger partial charge in [-0.25, -0.2) is 12.8 Å². The van der Waals surface area contributed by atoms with Gasteiger partial charge in [0.05, 0.1) is 4.90 Å². The van der Waals surface area contributed by atoms with Crippen LogP contribution >= 0.6 is 0 Å². The topological polar surface area (TPSA) is 46.6 Å². The molecule has 18 heavy (non-hydrogen) atoms. The number of ether oxygens (including phenoxy) is 1. The van der Waals surface area contributed by atoms with Crippen molar-refractivity contribution in [1.82, 2.24) is 4.90 Å². The van der Waals surface area contributed by atoms with Crippen molar-refractivity contribution in [2.75, 3.05) is 26.4 Å². The van der Waals surface area contributed by atoms with E-state index in [1.807, 2.05) is 7.05 Å². The summed E-state index contributed by atoms with van der Waals surface area (Å²) in [7, 11) is -1.38. The molecule has 4 nitrogen and oxygen atoms in total. The van der Waals surface area contributed by atoms with Gasteiger partial charge in [0.25, 0.3) is 0 Å². The van der Waals surface area contributed by atoms with E-state index in [0.717, 1.165) is 31.8 Å². The van der Waals surface area contributed by atoms with Gasteiger partial charge in [-0.2, -0.15) is 0 Å².